The first-order valence-corrected chi connectivity index (χ1v) is 14.4. The largest absolute Gasteiger partial charge is 0.456 e. The van der Waals surface area contributed by atoms with Crippen molar-refractivity contribution in [2.45, 2.75) is 0 Å². The fourth-order valence-electron chi connectivity index (χ4n) is 6.89. The van der Waals surface area contributed by atoms with Crippen LogP contribution in [0.5, 0.6) is 11.5 Å². The maximum Gasteiger partial charge on any atom is 0.236 e. The van der Waals surface area contributed by atoms with Gasteiger partial charge in [0, 0.05) is 22.1 Å². The molecule has 2 aromatic heterocycles. The molecule has 0 atom stereocenters. The number of nitrogens with zero attached hydrogens (tertiary/aromatic N) is 4. The molecule has 0 fully saturated rings. The molecule has 0 unspecified atom stereocenters. The van der Waals surface area contributed by atoms with Gasteiger partial charge in [0.05, 0.1) is 33.5 Å². The van der Waals surface area contributed by atoms with E-state index in [0.717, 1.165) is 67.3 Å². The summed E-state index contributed by atoms with van der Waals surface area (Å²) >= 11 is 0. The zero-order valence-corrected chi connectivity index (χ0v) is 22.9. The molecule has 200 valence electrons. The van der Waals surface area contributed by atoms with Gasteiger partial charge in [-0.15, -0.1) is 0 Å². The first-order chi connectivity index (χ1) is 21.3. The third-order valence-corrected chi connectivity index (χ3v) is 8.72. The lowest BCUT2D eigenvalue weighted by Crippen LogP contribution is -2.17. The minimum Gasteiger partial charge on any atom is -0.456 e. The van der Waals surface area contributed by atoms with Gasteiger partial charge in [-0.1, -0.05) is 84.9 Å². The Morgan fingerprint density at radius 1 is 0.558 bits per heavy atom. The first-order valence-electron chi connectivity index (χ1n) is 14.4. The Morgan fingerprint density at radius 2 is 1.33 bits per heavy atom. The van der Waals surface area contributed by atoms with E-state index in [-0.39, 0.29) is 0 Å². The second kappa shape index (κ2) is 8.30. The van der Waals surface area contributed by atoms with Crippen molar-refractivity contribution in [2.75, 3.05) is 4.90 Å². The quantitative estimate of drug-likeness (QED) is 0.204. The normalized spacial score (nSPS) is 12.8. The monoisotopic (exact) mass is 550 g/mol. The lowest BCUT2D eigenvalue weighted by molar-refractivity contribution is 0.486. The summed E-state index contributed by atoms with van der Waals surface area (Å²) < 4.78 is 8.66. The summed E-state index contributed by atoms with van der Waals surface area (Å²) in [6.07, 6.45) is 0. The first kappa shape index (κ1) is 22.7. The molecule has 0 aliphatic carbocycles. The van der Waals surface area contributed by atoms with E-state index >= 15 is 0 Å². The number of fused-ring (bicyclic) bond motifs is 11. The number of ether oxygens (including phenoxy) is 1. The van der Waals surface area contributed by atoms with Crippen LogP contribution in [0.1, 0.15) is 0 Å². The lowest BCUT2D eigenvalue weighted by Gasteiger charge is -2.26. The molecular formula is C38H22N4O. The summed E-state index contributed by atoms with van der Waals surface area (Å²) in [6.45, 7) is 0. The van der Waals surface area contributed by atoms with E-state index in [0.29, 0.717) is 5.95 Å². The molecule has 0 bridgehead atoms. The van der Waals surface area contributed by atoms with E-state index in [1.54, 1.807) is 0 Å². The van der Waals surface area contributed by atoms with Crippen molar-refractivity contribution in [3.63, 3.8) is 0 Å². The molecule has 5 heteroatoms. The SMILES string of the molecule is c1ccc2c(c1)Oc1cccc3nc(N4c5ccccc5-c5c(ccc6ccccc56)-n5c4cc4ccccc45)nc-2c13. The van der Waals surface area contributed by atoms with Gasteiger partial charge in [0.25, 0.3) is 0 Å². The van der Waals surface area contributed by atoms with Crippen LogP contribution in [-0.2, 0) is 0 Å². The molecular weight excluding hydrogens is 528 g/mol. The minimum absolute atomic E-state index is 0.616. The molecule has 6 aromatic carbocycles. The molecule has 0 saturated heterocycles. The van der Waals surface area contributed by atoms with Crippen LogP contribution in [0.25, 0.3) is 60.6 Å². The molecule has 0 spiro atoms. The Kier molecular flexibility index (Phi) is 4.39. The summed E-state index contributed by atoms with van der Waals surface area (Å²) in [6, 6.07) is 46.7. The van der Waals surface area contributed by atoms with Crippen molar-refractivity contribution in [3.8, 4) is 39.6 Å². The highest BCUT2D eigenvalue weighted by atomic mass is 16.5. The van der Waals surface area contributed by atoms with Crippen molar-refractivity contribution in [1.82, 2.24) is 14.5 Å². The van der Waals surface area contributed by atoms with Crippen LogP contribution in [0.4, 0.5) is 17.5 Å². The number of aromatic nitrogens is 3. The summed E-state index contributed by atoms with van der Waals surface area (Å²) in [5.74, 6) is 3.19. The zero-order chi connectivity index (χ0) is 28.1. The van der Waals surface area contributed by atoms with Crippen molar-refractivity contribution >= 4 is 50.0 Å². The number of benzene rings is 6. The van der Waals surface area contributed by atoms with Crippen molar-refractivity contribution in [1.29, 1.82) is 0 Å². The number of rotatable bonds is 1. The van der Waals surface area contributed by atoms with Crippen molar-refractivity contribution in [3.05, 3.63) is 133 Å². The number of para-hydroxylation sites is 3. The number of hydrogen-bond acceptors (Lipinski definition) is 4. The Bertz CT molecular complexity index is 2460. The van der Waals surface area contributed by atoms with Crippen molar-refractivity contribution < 1.29 is 4.74 Å². The molecule has 5 nitrogen and oxygen atoms in total. The molecule has 2 aliphatic rings. The number of hydrogen-bond donors (Lipinski definition) is 0. The maximum atomic E-state index is 6.29. The molecule has 8 aromatic rings. The second-order valence-corrected chi connectivity index (χ2v) is 11.1. The van der Waals surface area contributed by atoms with E-state index < -0.39 is 0 Å². The van der Waals surface area contributed by atoms with Gasteiger partial charge in [-0.25, -0.2) is 9.97 Å². The fourth-order valence-corrected chi connectivity index (χ4v) is 6.89. The predicted molar refractivity (Wildman–Crippen MR) is 173 cm³/mol. The van der Waals surface area contributed by atoms with Gasteiger partial charge in [-0.05, 0) is 59.3 Å². The van der Waals surface area contributed by atoms with E-state index in [4.69, 9.17) is 14.7 Å². The Balaban J connectivity index is 1.37. The van der Waals surface area contributed by atoms with Gasteiger partial charge < -0.3 is 4.74 Å². The van der Waals surface area contributed by atoms with E-state index in [1.807, 2.05) is 36.4 Å². The van der Waals surface area contributed by atoms with Crippen LogP contribution >= 0.6 is 0 Å². The van der Waals surface area contributed by atoms with Crippen LogP contribution in [0, 0.1) is 0 Å². The van der Waals surface area contributed by atoms with Crippen LogP contribution in [0.2, 0.25) is 0 Å². The average molecular weight is 551 g/mol. The van der Waals surface area contributed by atoms with Gasteiger partial charge in [0.15, 0.2) is 0 Å². The van der Waals surface area contributed by atoms with Crippen LogP contribution in [-0.4, -0.2) is 14.5 Å². The lowest BCUT2D eigenvalue weighted by atomic mass is 9.95. The number of anilines is 3. The maximum absolute atomic E-state index is 6.29. The zero-order valence-electron chi connectivity index (χ0n) is 22.9. The highest BCUT2D eigenvalue weighted by Crippen LogP contribution is 2.51. The highest BCUT2D eigenvalue weighted by Gasteiger charge is 2.32. The molecule has 0 radical (unpaired) electrons. The average Bonchev–Trinajstić information content (AvgIpc) is 3.38. The molecule has 4 heterocycles. The minimum atomic E-state index is 0.616. The van der Waals surface area contributed by atoms with Gasteiger partial charge in [0.2, 0.25) is 5.95 Å². The molecule has 10 rings (SSSR count). The summed E-state index contributed by atoms with van der Waals surface area (Å²) in [5, 5.41) is 4.51. The second-order valence-electron chi connectivity index (χ2n) is 11.1. The van der Waals surface area contributed by atoms with E-state index in [9.17, 15) is 0 Å². The topological polar surface area (TPSA) is 43.2 Å². The van der Waals surface area contributed by atoms with E-state index in [1.165, 1.54) is 16.3 Å². The van der Waals surface area contributed by atoms with Crippen LogP contribution < -0.4 is 9.64 Å². The van der Waals surface area contributed by atoms with E-state index in [2.05, 4.69) is 107 Å². The van der Waals surface area contributed by atoms with Gasteiger partial charge in [0.1, 0.15) is 17.3 Å². The van der Waals surface area contributed by atoms with Crippen molar-refractivity contribution in [2.24, 2.45) is 0 Å². The molecule has 43 heavy (non-hydrogen) atoms. The van der Waals surface area contributed by atoms with Crippen LogP contribution in [0.3, 0.4) is 0 Å². The van der Waals surface area contributed by atoms with Crippen LogP contribution in [0.15, 0.2) is 133 Å². The smallest absolute Gasteiger partial charge is 0.236 e. The Labute approximate surface area is 246 Å². The third-order valence-electron chi connectivity index (χ3n) is 8.72. The van der Waals surface area contributed by atoms with Gasteiger partial charge >= 0.3 is 0 Å². The molecule has 0 saturated carbocycles. The Hall–Kier alpha value is -5.94. The molecule has 2 aliphatic heterocycles. The molecule has 0 N–H and O–H groups in total. The standard InChI is InChI=1S/C38H22N4O/c1-3-12-25-23(10-1)20-21-31-35(25)26-13-4-7-17-30(26)42(34-22-24-11-2-6-16-29(24)41(31)34)38-39-28-15-9-19-33-36(28)37(40-38)27-14-5-8-18-32(27)43-33/h1-22H. The summed E-state index contributed by atoms with van der Waals surface area (Å²) in [5.41, 5.74) is 8.32. The summed E-state index contributed by atoms with van der Waals surface area (Å²) in [7, 11) is 0. The summed E-state index contributed by atoms with van der Waals surface area (Å²) in [4.78, 5) is 12.8. The molecule has 0 amide bonds. The predicted octanol–water partition coefficient (Wildman–Crippen LogP) is 9.95. The highest BCUT2D eigenvalue weighted by molar-refractivity contribution is 6.09. The third kappa shape index (κ3) is 3.05. The van der Waals surface area contributed by atoms with Gasteiger partial charge in [-0.2, -0.15) is 0 Å². The fraction of sp³-hybridized carbons (Fsp3) is 0. The Morgan fingerprint density at radius 3 is 2.28 bits per heavy atom. The van der Waals surface area contributed by atoms with Gasteiger partial charge in [-0.3, -0.25) is 9.47 Å².